The molecule has 0 radical (unpaired) electrons. The quantitative estimate of drug-likeness (QED) is 0.917. The third-order valence-corrected chi connectivity index (χ3v) is 5.37. The maximum atomic E-state index is 12.3. The molecule has 6 heteroatoms. The highest BCUT2D eigenvalue weighted by Gasteiger charge is 2.24. The Balaban J connectivity index is 1.51. The summed E-state index contributed by atoms with van der Waals surface area (Å²) in [5.41, 5.74) is 4.13. The molecule has 1 aliphatic heterocycles. The van der Waals surface area contributed by atoms with E-state index in [1.54, 1.807) is 0 Å². The van der Waals surface area contributed by atoms with Crippen LogP contribution in [0.4, 0.5) is 9.93 Å². The molecule has 2 heterocycles. The molecule has 1 N–H and O–H groups in total. The summed E-state index contributed by atoms with van der Waals surface area (Å²) in [7, 11) is 0. The number of nitrogens with one attached hydrogen (secondary N) is 1. The number of carbonyl (C=O) groups excluding carboxylic acids is 1. The highest BCUT2D eigenvalue weighted by Crippen LogP contribution is 2.24. The van der Waals surface area contributed by atoms with Gasteiger partial charge in [-0.3, -0.25) is 5.32 Å². The van der Waals surface area contributed by atoms with Crippen LogP contribution in [-0.4, -0.2) is 33.4 Å². The minimum absolute atomic E-state index is 0.0592. The zero-order valence-electron chi connectivity index (χ0n) is 14.5. The molecule has 1 aromatic carbocycles. The molecule has 1 saturated heterocycles. The Hall–Kier alpha value is -1.95. The summed E-state index contributed by atoms with van der Waals surface area (Å²) in [5, 5.41) is 3.42. The normalized spacial score (nSPS) is 15.5. The van der Waals surface area contributed by atoms with Gasteiger partial charge in [-0.25, -0.2) is 9.78 Å². The molecule has 1 aromatic heterocycles. The van der Waals surface area contributed by atoms with Gasteiger partial charge < -0.3 is 4.90 Å². The van der Waals surface area contributed by atoms with Gasteiger partial charge in [0.05, 0.1) is 0 Å². The maximum Gasteiger partial charge on any atom is 0.323 e. The van der Waals surface area contributed by atoms with Crippen molar-refractivity contribution in [2.24, 2.45) is 5.92 Å². The number of amides is 2. The summed E-state index contributed by atoms with van der Waals surface area (Å²) in [6.07, 6.45) is 3.21. The number of likely N-dealkylation sites (tertiary alicyclic amines) is 1. The first kappa shape index (κ1) is 16.9. The van der Waals surface area contributed by atoms with Crippen molar-refractivity contribution in [3.8, 4) is 0 Å². The lowest BCUT2D eigenvalue weighted by atomic mass is 9.88. The van der Waals surface area contributed by atoms with Gasteiger partial charge >= 0.3 is 6.03 Å². The fraction of sp³-hybridized carbons (Fsp3) is 0.500. The third-order valence-electron chi connectivity index (χ3n) is 4.65. The Labute approximate surface area is 147 Å². The van der Waals surface area contributed by atoms with Crippen molar-refractivity contribution in [3.63, 3.8) is 0 Å². The minimum atomic E-state index is -0.0592. The number of aryl methyl sites for hydroxylation is 3. The zero-order chi connectivity index (χ0) is 17.1. The van der Waals surface area contributed by atoms with Crippen LogP contribution >= 0.6 is 11.5 Å². The van der Waals surface area contributed by atoms with E-state index in [0.29, 0.717) is 16.9 Å². The van der Waals surface area contributed by atoms with Crippen LogP contribution in [0, 0.1) is 26.7 Å². The molecule has 0 aliphatic carbocycles. The summed E-state index contributed by atoms with van der Waals surface area (Å²) < 4.78 is 4.09. The molecule has 128 valence electrons. The predicted octanol–water partition coefficient (Wildman–Crippen LogP) is 3.95. The van der Waals surface area contributed by atoms with E-state index in [-0.39, 0.29) is 6.03 Å². The number of piperidine rings is 1. The number of urea groups is 1. The number of carbonyl (C=O) groups is 1. The SMILES string of the molecule is Cc1ccc(CC2CCN(C(=O)Nc3nc(C)ns3)CC2)c(C)c1. The predicted molar refractivity (Wildman–Crippen MR) is 97.6 cm³/mol. The van der Waals surface area contributed by atoms with E-state index in [1.165, 1.54) is 28.2 Å². The van der Waals surface area contributed by atoms with E-state index in [1.807, 2.05) is 11.8 Å². The lowest BCUT2D eigenvalue weighted by molar-refractivity contribution is 0.182. The molecule has 0 bridgehead atoms. The molecule has 1 aliphatic rings. The van der Waals surface area contributed by atoms with Crippen molar-refractivity contribution >= 4 is 22.7 Å². The lowest BCUT2D eigenvalue weighted by Gasteiger charge is -2.32. The number of hydrogen-bond donors (Lipinski definition) is 1. The van der Waals surface area contributed by atoms with Crippen LogP contribution in [0.1, 0.15) is 35.4 Å². The van der Waals surface area contributed by atoms with Crippen molar-refractivity contribution in [2.45, 2.75) is 40.0 Å². The average molecular weight is 344 g/mol. The van der Waals surface area contributed by atoms with Gasteiger partial charge in [0.25, 0.3) is 0 Å². The van der Waals surface area contributed by atoms with E-state index >= 15 is 0 Å². The molecule has 24 heavy (non-hydrogen) atoms. The number of anilines is 1. The van der Waals surface area contributed by atoms with Crippen molar-refractivity contribution < 1.29 is 4.79 Å². The first-order valence-corrected chi connectivity index (χ1v) is 9.21. The van der Waals surface area contributed by atoms with Gasteiger partial charge in [-0.2, -0.15) is 4.37 Å². The molecule has 0 saturated carbocycles. The first-order chi connectivity index (χ1) is 11.5. The van der Waals surface area contributed by atoms with Crippen LogP contribution in [-0.2, 0) is 6.42 Å². The summed E-state index contributed by atoms with van der Waals surface area (Å²) >= 11 is 1.23. The largest absolute Gasteiger partial charge is 0.324 e. The topological polar surface area (TPSA) is 58.1 Å². The number of rotatable bonds is 3. The molecule has 3 rings (SSSR count). The van der Waals surface area contributed by atoms with Crippen LogP contribution < -0.4 is 5.32 Å². The summed E-state index contributed by atoms with van der Waals surface area (Å²) in [6.45, 7) is 7.76. The molecular formula is C18H24N4OS. The Morgan fingerprint density at radius 3 is 2.67 bits per heavy atom. The van der Waals surface area contributed by atoms with Gasteiger partial charge in [0.1, 0.15) is 5.82 Å². The van der Waals surface area contributed by atoms with Crippen LogP contribution in [0.5, 0.6) is 0 Å². The highest BCUT2D eigenvalue weighted by atomic mass is 32.1. The van der Waals surface area contributed by atoms with E-state index in [4.69, 9.17) is 0 Å². The van der Waals surface area contributed by atoms with Gasteiger partial charge in [0.15, 0.2) is 0 Å². The fourth-order valence-electron chi connectivity index (χ4n) is 3.24. The molecule has 5 nitrogen and oxygen atoms in total. The number of nitrogens with zero attached hydrogens (tertiary/aromatic N) is 3. The first-order valence-electron chi connectivity index (χ1n) is 8.43. The Morgan fingerprint density at radius 1 is 1.29 bits per heavy atom. The second kappa shape index (κ2) is 7.30. The number of benzene rings is 1. The van der Waals surface area contributed by atoms with Crippen LogP contribution in [0.25, 0.3) is 0 Å². The lowest BCUT2D eigenvalue weighted by Crippen LogP contribution is -2.41. The van der Waals surface area contributed by atoms with E-state index in [0.717, 1.165) is 32.4 Å². The van der Waals surface area contributed by atoms with Crippen LogP contribution in [0.3, 0.4) is 0 Å². The molecule has 2 amide bonds. The molecule has 0 unspecified atom stereocenters. The minimum Gasteiger partial charge on any atom is -0.324 e. The van der Waals surface area contributed by atoms with Gasteiger partial charge in [0, 0.05) is 24.6 Å². The molecule has 2 aromatic rings. The highest BCUT2D eigenvalue weighted by molar-refractivity contribution is 7.09. The second-order valence-corrected chi connectivity index (χ2v) is 7.39. The zero-order valence-corrected chi connectivity index (χ0v) is 15.3. The summed E-state index contributed by atoms with van der Waals surface area (Å²) in [4.78, 5) is 18.4. The Bertz CT molecular complexity index is 720. The summed E-state index contributed by atoms with van der Waals surface area (Å²) in [5.74, 6) is 1.35. The van der Waals surface area contributed by atoms with Crippen molar-refractivity contribution in [2.75, 3.05) is 18.4 Å². The van der Waals surface area contributed by atoms with Gasteiger partial charge in [-0.1, -0.05) is 23.8 Å². The molecule has 1 fully saturated rings. The maximum absolute atomic E-state index is 12.3. The van der Waals surface area contributed by atoms with Crippen molar-refractivity contribution in [1.29, 1.82) is 0 Å². The van der Waals surface area contributed by atoms with E-state index < -0.39 is 0 Å². The van der Waals surface area contributed by atoms with Crippen LogP contribution in [0.15, 0.2) is 18.2 Å². The monoisotopic (exact) mass is 344 g/mol. The second-order valence-electron chi connectivity index (χ2n) is 6.64. The Kier molecular flexibility index (Phi) is 5.14. The molecule has 0 spiro atoms. The summed E-state index contributed by atoms with van der Waals surface area (Å²) in [6, 6.07) is 6.63. The fourth-order valence-corrected chi connectivity index (χ4v) is 3.81. The Morgan fingerprint density at radius 2 is 2.04 bits per heavy atom. The standard InChI is InChI=1S/C18H24N4OS/c1-12-4-5-16(13(2)10-12)11-15-6-8-22(9-7-15)18(23)20-17-19-14(3)21-24-17/h4-5,10,15H,6-9,11H2,1-3H3,(H,19,20,21,23). The average Bonchev–Trinajstić information content (AvgIpc) is 2.96. The van der Waals surface area contributed by atoms with Crippen molar-refractivity contribution in [1.82, 2.24) is 14.3 Å². The third kappa shape index (κ3) is 4.12. The molecular weight excluding hydrogens is 320 g/mol. The van der Waals surface area contributed by atoms with E-state index in [9.17, 15) is 4.79 Å². The van der Waals surface area contributed by atoms with Gasteiger partial charge in [-0.15, -0.1) is 0 Å². The van der Waals surface area contributed by atoms with Crippen molar-refractivity contribution in [3.05, 3.63) is 40.7 Å². The molecule has 0 atom stereocenters. The number of aromatic nitrogens is 2. The van der Waals surface area contributed by atoms with Crippen LogP contribution in [0.2, 0.25) is 0 Å². The smallest absolute Gasteiger partial charge is 0.323 e. The van der Waals surface area contributed by atoms with Gasteiger partial charge in [0.2, 0.25) is 5.13 Å². The number of hydrogen-bond acceptors (Lipinski definition) is 4. The van der Waals surface area contributed by atoms with E-state index in [2.05, 4.69) is 46.7 Å². The van der Waals surface area contributed by atoms with Gasteiger partial charge in [-0.05, 0) is 57.1 Å².